The van der Waals surface area contributed by atoms with Crippen molar-refractivity contribution in [3.05, 3.63) is 119 Å². The summed E-state index contributed by atoms with van der Waals surface area (Å²) >= 11 is 7.40. The third-order valence-corrected chi connectivity index (χ3v) is 4.24. The summed E-state index contributed by atoms with van der Waals surface area (Å²) < 4.78 is 4.27. The first-order chi connectivity index (χ1) is 15.5. The van der Waals surface area contributed by atoms with E-state index in [1.54, 1.807) is 0 Å². The van der Waals surface area contributed by atoms with Gasteiger partial charge in [0, 0.05) is 37.9 Å². The van der Waals surface area contributed by atoms with Gasteiger partial charge in [-0.15, -0.1) is 0 Å². The zero-order valence-electron chi connectivity index (χ0n) is 18.3. The summed E-state index contributed by atoms with van der Waals surface area (Å²) in [7, 11) is 0. The summed E-state index contributed by atoms with van der Waals surface area (Å²) in [4.78, 5) is 8.35. The van der Waals surface area contributed by atoms with Crippen LogP contribution in [0.4, 0.5) is 0 Å². The monoisotopic (exact) mass is 519 g/mol. The molecule has 4 rings (SSSR count). The molecule has 2 aromatic heterocycles. The van der Waals surface area contributed by atoms with Crippen molar-refractivity contribution in [1.82, 2.24) is 19.1 Å². The Hall–Kier alpha value is -3.03. The molecule has 33 heavy (non-hydrogen) atoms. The van der Waals surface area contributed by atoms with Crippen LogP contribution in [-0.2, 0) is 29.9 Å². The second kappa shape index (κ2) is 18.5. The Morgan fingerprint density at radius 1 is 0.697 bits per heavy atom. The topological polar surface area (TPSA) is 80.2 Å². The van der Waals surface area contributed by atoms with Crippen LogP contribution >= 0.6 is 24.4 Å². The van der Waals surface area contributed by atoms with E-state index in [0.717, 1.165) is 24.7 Å². The molecule has 0 aliphatic rings. The molecule has 2 aromatic carbocycles. The van der Waals surface area contributed by atoms with E-state index in [1.165, 1.54) is 21.4 Å². The number of benzene rings is 2. The SMILES string of the molecule is Cc1nccn1Cc1ccccc1.Cc1nccn1Cc1ccccc1.[Co+2].[N-]=C=S.[N-]=C=S. The third-order valence-electron chi connectivity index (χ3n) is 4.24. The minimum absolute atomic E-state index is 0. The second-order valence-corrected chi connectivity index (χ2v) is 6.72. The van der Waals surface area contributed by atoms with Crippen LogP contribution in [0.3, 0.4) is 0 Å². The zero-order valence-corrected chi connectivity index (χ0v) is 21.0. The van der Waals surface area contributed by atoms with Crippen LogP contribution in [0.15, 0.2) is 85.5 Å². The molecule has 2 heterocycles. The summed E-state index contributed by atoms with van der Waals surface area (Å²) in [6.07, 6.45) is 7.67. The van der Waals surface area contributed by atoms with Gasteiger partial charge in [0.05, 0.1) is 0 Å². The molecule has 0 spiro atoms. The van der Waals surface area contributed by atoms with Gasteiger partial charge in [-0.25, -0.2) is 9.97 Å². The van der Waals surface area contributed by atoms with E-state index in [0.29, 0.717) is 0 Å². The van der Waals surface area contributed by atoms with E-state index < -0.39 is 0 Å². The molecule has 0 aliphatic carbocycles. The average Bonchev–Trinajstić information content (AvgIpc) is 3.39. The Kier molecular flexibility index (Phi) is 16.8. The number of isothiocyanates is 2. The maximum Gasteiger partial charge on any atom is 2.00 e. The first kappa shape index (κ1) is 30.0. The number of aryl methyl sites for hydroxylation is 2. The zero-order chi connectivity index (χ0) is 23.6. The molecule has 4 aromatic rings. The van der Waals surface area contributed by atoms with E-state index in [-0.39, 0.29) is 16.8 Å². The Balaban J connectivity index is 0.000000491. The van der Waals surface area contributed by atoms with Crippen molar-refractivity contribution >= 4 is 34.8 Å². The van der Waals surface area contributed by atoms with Gasteiger partial charge < -0.3 is 20.0 Å². The van der Waals surface area contributed by atoms with E-state index in [2.05, 4.69) is 92.1 Å². The Morgan fingerprint density at radius 3 is 1.24 bits per heavy atom. The minimum atomic E-state index is 0. The molecule has 171 valence electrons. The molecule has 0 N–H and O–H groups in total. The van der Waals surface area contributed by atoms with E-state index >= 15 is 0 Å². The van der Waals surface area contributed by atoms with Crippen LogP contribution in [0.5, 0.6) is 0 Å². The molecular weight excluding hydrogens is 495 g/mol. The first-order valence-electron chi connectivity index (χ1n) is 9.61. The summed E-state index contributed by atoms with van der Waals surface area (Å²) in [5.74, 6) is 2.12. The molecule has 6 nitrogen and oxygen atoms in total. The van der Waals surface area contributed by atoms with Gasteiger partial charge in [-0.1, -0.05) is 85.1 Å². The second-order valence-electron chi connectivity index (χ2n) is 6.36. The van der Waals surface area contributed by atoms with Crippen molar-refractivity contribution in [2.75, 3.05) is 0 Å². The number of rotatable bonds is 4. The van der Waals surface area contributed by atoms with Gasteiger partial charge in [0.15, 0.2) is 0 Å². The van der Waals surface area contributed by atoms with Crippen molar-refractivity contribution in [2.45, 2.75) is 26.9 Å². The third kappa shape index (κ3) is 12.6. The van der Waals surface area contributed by atoms with Crippen molar-refractivity contribution < 1.29 is 16.8 Å². The normalized spacial score (nSPS) is 8.55. The number of nitrogens with zero attached hydrogens (tertiary/aromatic N) is 6. The molecule has 0 bridgehead atoms. The molecule has 9 heteroatoms. The van der Waals surface area contributed by atoms with Crippen LogP contribution in [-0.4, -0.2) is 29.4 Å². The van der Waals surface area contributed by atoms with Gasteiger partial charge in [0.2, 0.25) is 0 Å². The molecule has 0 saturated carbocycles. The predicted octanol–water partition coefficient (Wildman–Crippen LogP) is 5.79. The fourth-order valence-electron chi connectivity index (χ4n) is 2.70. The van der Waals surface area contributed by atoms with Crippen molar-refractivity contribution in [3.8, 4) is 0 Å². The molecule has 0 fully saturated rings. The van der Waals surface area contributed by atoms with Gasteiger partial charge in [0.1, 0.15) is 11.6 Å². The Morgan fingerprint density at radius 2 is 1.00 bits per heavy atom. The van der Waals surface area contributed by atoms with Crippen LogP contribution in [0.2, 0.25) is 0 Å². The van der Waals surface area contributed by atoms with Crippen molar-refractivity contribution in [2.24, 2.45) is 0 Å². The van der Waals surface area contributed by atoms with E-state index in [9.17, 15) is 0 Å². The smallest absolute Gasteiger partial charge is 0.753 e. The molecule has 0 saturated heterocycles. The molecule has 1 radical (unpaired) electrons. The van der Waals surface area contributed by atoms with E-state index in [4.69, 9.17) is 10.8 Å². The van der Waals surface area contributed by atoms with Crippen molar-refractivity contribution in [1.29, 1.82) is 0 Å². The largest absolute Gasteiger partial charge is 2.00 e. The quantitative estimate of drug-likeness (QED) is 0.252. The summed E-state index contributed by atoms with van der Waals surface area (Å²) in [6.45, 7) is 5.85. The number of hydrogen-bond acceptors (Lipinski definition) is 4. The Labute approximate surface area is 215 Å². The van der Waals surface area contributed by atoms with Crippen LogP contribution < -0.4 is 0 Å². The van der Waals surface area contributed by atoms with Crippen molar-refractivity contribution in [3.63, 3.8) is 0 Å². The van der Waals surface area contributed by atoms with Gasteiger partial charge in [0.25, 0.3) is 0 Å². The summed E-state index contributed by atoms with van der Waals surface area (Å²) in [6, 6.07) is 20.8. The Bertz CT molecular complexity index is 1010. The number of imidazole rings is 2. The average molecular weight is 520 g/mol. The number of thiocarbonyl (C=S) groups is 2. The van der Waals surface area contributed by atoms with Gasteiger partial charge >= 0.3 is 16.8 Å². The standard InChI is InChI=1S/2C11H12N2.2CNS.Co/c2*1-10-12-7-8-13(10)9-11-5-3-2-4-6-11;2*2-1-3;/h2*2-8H,9H2,1H3;;;/q;;2*-1;+2. The fourth-order valence-corrected chi connectivity index (χ4v) is 2.70. The molecule has 0 atom stereocenters. The molecule has 0 unspecified atom stereocenters. The van der Waals surface area contributed by atoms with Crippen LogP contribution in [0, 0.1) is 13.8 Å². The number of aromatic nitrogens is 4. The van der Waals surface area contributed by atoms with Crippen LogP contribution in [0.1, 0.15) is 22.8 Å². The van der Waals surface area contributed by atoms with Gasteiger partial charge in [-0.2, -0.15) is 10.3 Å². The minimum Gasteiger partial charge on any atom is -0.753 e. The van der Waals surface area contributed by atoms with Crippen LogP contribution in [0.25, 0.3) is 10.8 Å². The fraction of sp³-hybridized carbons (Fsp3) is 0.167. The summed E-state index contributed by atoms with van der Waals surface area (Å²) in [5, 5.41) is 16.9. The molecule has 0 aliphatic heterocycles. The van der Waals surface area contributed by atoms with E-state index in [1.807, 2.05) is 50.8 Å². The number of hydrogen-bond donors (Lipinski definition) is 0. The summed E-state index contributed by atoms with van der Waals surface area (Å²) in [5.41, 5.74) is 2.62. The molecule has 0 amide bonds. The van der Waals surface area contributed by atoms with Gasteiger partial charge in [-0.05, 0) is 25.0 Å². The van der Waals surface area contributed by atoms with Gasteiger partial charge in [-0.3, -0.25) is 0 Å². The maximum atomic E-state index is 7.13. The first-order valence-corrected chi connectivity index (χ1v) is 10.4. The molecular formula is C24H24CoN6S2. The maximum absolute atomic E-state index is 7.13. The predicted molar refractivity (Wildman–Crippen MR) is 137 cm³/mol.